The number of para-hydroxylation sites is 1. The first-order chi connectivity index (χ1) is 11.1. The Kier molecular flexibility index (Phi) is 3.84. The van der Waals surface area contributed by atoms with Gasteiger partial charge < -0.3 is 5.32 Å². The summed E-state index contributed by atoms with van der Waals surface area (Å²) in [4.78, 5) is 23.2. The van der Waals surface area contributed by atoms with Crippen LogP contribution in [0.2, 0.25) is 0 Å². The topological polar surface area (TPSA) is 95.6 Å². The molecule has 2 heterocycles. The van der Waals surface area contributed by atoms with Gasteiger partial charge in [0.1, 0.15) is 5.69 Å². The molecule has 0 unspecified atom stereocenters. The van der Waals surface area contributed by atoms with E-state index in [1.54, 1.807) is 6.20 Å². The van der Waals surface area contributed by atoms with Crippen LogP contribution in [-0.2, 0) is 0 Å². The van der Waals surface area contributed by atoms with Crippen molar-refractivity contribution in [3.8, 4) is 5.69 Å². The van der Waals surface area contributed by atoms with Gasteiger partial charge >= 0.3 is 0 Å². The van der Waals surface area contributed by atoms with Crippen LogP contribution in [0, 0.1) is 6.92 Å². The van der Waals surface area contributed by atoms with Crippen LogP contribution in [0.3, 0.4) is 0 Å². The van der Waals surface area contributed by atoms with Crippen molar-refractivity contribution in [3.63, 3.8) is 0 Å². The van der Waals surface area contributed by atoms with Gasteiger partial charge in [0.15, 0.2) is 0 Å². The average molecular weight is 311 g/mol. The number of nitrogens with zero attached hydrogens (tertiary/aromatic N) is 2. The van der Waals surface area contributed by atoms with Gasteiger partial charge in [0.2, 0.25) is 0 Å². The van der Waals surface area contributed by atoms with E-state index in [0.717, 1.165) is 16.9 Å². The van der Waals surface area contributed by atoms with Crippen LogP contribution in [0.15, 0.2) is 47.4 Å². The van der Waals surface area contributed by atoms with E-state index < -0.39 is 0 Å². The summed E-state index contributed by atoms with van der Waals surface area (Å²) in [5, 5.41) is 12.1. The van der Waals surface area contributed by atoms with Crippen LogP contribution in [0.25, 0.3) is 5.69 Å². The van der Waals surface area contributed by atoms with Crippen LogP contribution in [0.5, 0.6) is 0 Å². The van der Waals surface area contributed by atoms with Crippen molar-refractivity contribution in [2.24, 2.45) is 0 Å². The fourth-order valence-corrected chi connectivity index (χ4v) is 2.48. The number of aromatic nitrogens is 4. The lowest BCUT2D eigenvalue weighted by molar-refractivity contribution is 0.0934. The highest BCUT2D eigenvalue weighted by Gasteiger charge is 2.17. The summed E-state index contributed by atoms with van der Waals surface area (Å²) in [6, 6.07) is 10.8. The van der Waals surface area contributed by atoms with Crippen molar-refractivity contribution in [2.75, 3.05) is 0 Å². The van der Waals surface area contributed by atoms with Gasteiger partial charge in [-0.25, -0.2) is 4.68 Å². The summed E-state index contributed by atoms with van der Waals surface area (Å²) in [5.41, 5.74) is 2.70. The first kappa shape index (κ1) is 14.8. The number of hydrogen-bond acceptors (Lipinski definition) is 3. The summed E-state index contributed by atoms with van der Waals surface area (Å²) in [6.07, 6.45) is 1.74. The van der Waals surface area contributed by atoms with Crippen molar-refractivity contribution in [3.05, 3.63) is 69.9 Å². The van der Waals surface area contributed by atoms with Gasteiger partial charge in [-0.15, -0.1) is 0 Å². The Hall–Kier alpha value is -3.09. The molecule has 118 valence electrons. The second kappa shape index (κ2) is 5.96. The highest BCUT2D eigenvalue weighted by Crippen LogP contribution is 2.20. The van der Waals surface area contributed by atoms with Crippen LogP contribution >= 0.6 is 0 Å². The molecule has 23 heavy (non-hydrogen) atoms. The molecule has 0 saturated heterocycles. The van der Waals surface area contributed by atoms with E-state index in [4.69, 9.17) is 0 Å². The average Bonchev–Trinajstić information content (AvgIpc) is 3.14. The first-order valence-electron chi connectivity index (χ1n) is 7.25. The molecule has 3 N–H and O–H groups in total. The van der Waals surface area contributed by atoms with Crippen molar-refractivity contribution in [2.45, 2.75) is 19.9 Å². The van der Waals surface area contributed by atoms with E-state index >= 15 is 0 Å². The molecule has 0 spiro atoms. The predicted octanol–water partition coefficient (Wildman–Crippen LogP) is 1.69. The van der Waals surface area contributed by atoms with Crippen molar-refractivity contribution < 1.29 is 4.79 Å². The van der Waals surface area contributed by atoms with Crippen LogP contribution in [0.4, 0.5) is 0 Å². The maximum absolute atomic E-state index is 12.1. The number of aromatic amines is 2. The number of carbonyl (C=O) groups is 1. The molecule has 3 rings (SSSR count). The van der Waals surface area contributed by atoms with Crippen LogP contribution < -0.4 is 10.9 Å². The SMILES string of the molecule is Cc1c([C@@H](C)NC(=O)c2cc(=O)[nH][nH]2)cnn1-c1ccccc1. The van der Waals surface area contributed by atoms with E-state index in [2.05, 4.69) is 20.6 Å². The number of nitrogens with one attached hydrogen (secondary N) is 3. The third-order valence-electron chi connectivity index (χ3n) is 3.70. The number of benzene rings is 1. The molecule has 0 aliphatic rings. The summed E-state index contributed by atoms with van der Waals surface area (Å²) < 4.78 is 1.83. The second-order valence-corrected chi connectivity index (χ2v) is 5.30. The molecule has 0 fully saturated rings. The van der Waals surface area contributed by atoms with Gasteiger partial charge in [-0.05, 0) is 26.0 Å². The standard InChI is InChI=1S/C16H17N5O2/c1-10(18-16(23)14-8-15(22)20-19-14)13-9-17-21(11(13)2)12-6-4-3-5-7-12/h3-10H,1-2H3,(H,18,23)(H2,19,20,22)/t10-/m1/s1. The molecule has 1 amide bonds. The zero-order chi connectivity index (χ0) is 16.4. The lowest BCUT2D eigenvalue weighted by Gasteiger charge is -2.13. The minimum absolute atomic E-state index is 0.204. The molecule has 0 bridgehead atoms. The number of hydrogen-bond donors (Lipinski definition) is 3. The Balaban J connectivity index is 1.81. The molecule has 0 aliphatic heterocycles. The largest absolute Gasteiger partial charge is 0.344 e. The Morgan fingerprint density at radius 3 is 2.65 bits per heavy atom. The Bertz CT molecular complexity index is 875. The van der Waals surface area contributed by atoms with E-state index in [9.17, 15) is 9.59 Å². The molecule has 0 aliphatic carbocycles. The summed E-state index contributed by atoms with van der Waals surface area (Å²) >= 11 is 0. The van der Waals surface area contributed by atoms with E-state index in [1.807, 2.05) is 48.9 Å². The molecule has 2 aromatic heterocycles. The van der Waals surface area contributed by atoms with Crippen molar-refractivity contribution in [1.29, 1.82) is 0 Å². The molecule has 7 heteroatoms. The minimum atomic E-state index is -0.345. The zero-order valence-corrected chi connectivity index (χ0v) is 12.8. The van der Waals surface area contributed by atoms with Gasteiger partial charge in [0, 0.05) is 17.3 Å². The Labute approximate surface area is 132 Å². The molecule has 1 aromatic carbocycles. The van der Waals surface area contributed by atoms with Crippen LogP contribution in [-0.4, -0.2) is 25.9 Å². The molecule has 7 nitrogen and oxygen atoms in total. The van der Waals surface area contributed by atoms with E-state index in [1.165, 1.54) is 6.07 Å². The van der Waals surface area contributed by atoms with E-state index in [0.29, 0.717) is 0 Å². The predicted molar refractivity (Wildman–Crippen MR) is 85.6 cm³/mol. The number of carbonyl (C=O) groups excluding carboxylic acids is 1. The van der Waals surface area contributed by atoms with E-state index in [-0.39, 0.29) is 23.2 Å². The highest BCUT2D eigenvalue weighted by molar-refractivity contribution is 5.92. The van der Waals surface area contributed by atoms with Gasteiger partial charge in [-0.1, -0.05) is 18.2 Å². The second-order valence-electron chi connectivity index (χ2n) is 5.30. The Morgan fingerprint density at radius 1 is 1.26 bits per heavy atom. The van der Waals surface area contributed by atoms with Crippen molar-refractivity contribution >= 4 is 5.91 Å². The maximum Gasteiger partial charge on any atom is 0.269 e. The Morgan fingerprint density at radius 2 is 2.00 bits per heavy atom. The van der Waals surface area contributed by atoms with Crippen LogP contribution in [0.1, 0.15) is 34.7 Å². The smallest absolute Gasteiger partial charge is 0.269 e. The third-order valence-corrected chi connectivity index (χ3v) is 3.70. The molecular formula is C16H17N5O2. The minimum Gasteiger partial charge on any atom is -0.344 e. The van der Waals surface area contributed by atoms with Gasteiger partial charge in [0.25, 0.3) is 11.5 Å². The summed E-state index contributed by atoms with van der Waals surface area (Å²) in [5.74, 6) is -0.345. The number of H-pyrrole nitrogens is 2. The van der Waals surface area contributed by atoms with Gasteiger partial charge in [0.05, 0.1) is 17.9 Å². The first-order valence-corrected chi connectivity index (χ1v) is 7.25. The molecular weight excluding hydrogens is 294 g/mol. The summed E-state index contributed by atoms with van der Waals surface area (Å²) in [7, 11) is 0. The number of amides is 1. The molecule has 0 saturated carbocycles. The number of rotatable bonds is 4. The monoisotopic (exact) mass is 311 g/mol. The highest BCUT2D eigenvalue weighted by atomic mass is 16.2. The lowest BCUT2D eigenvalue weighted by Crippen LogP contribution is -2.27. The molecule has 0 radical (unpaired) electrons. The normalized spacial score (nSPS) is 12.1. The quantitative estimate of drug-likeness (QED) is 0.684. The maximum atomic E-state index is 12.1. The van der Waals surface area contributed by atoms with Crippen molar-refractivity contribution in [1.82, 2.24) is 25.3 Å². The molecule has 1 atom stereocenters. The molecule has 3 aromatic rings. The fraction of sp³-hybridized carbons (Fsp3) is 0.188. The third kappa shape index (κ3) is 2.94. The van der Waals surface area contributed by atoms with Gasteiger partial charge in [-0.3, -0.25) is 19.8 Å². The summed E-state index contributed by atoms with van der Waals surface area (Å²) in [6.45, 7) is 3.83. The fourth-order valence-electron chi connectivity index (χ4n) is 2.48. The lowest BCUT2D eigenvalue weighted by atomic mass is 10.1. The zero-order valence-electron chi connectivity index (χ0n) is 12.8. The van der Waals surface area contributed by atoms with Gasteiger partial charge in [-0.2, -0.15) is 5.10 Å².